The molecule has 2 aromatic rings. The van der Waals surface area contributed by atoms with E-state index in [1.165, 1.54) is 13.0 Å². The second-order valence-corrected chi connectivity index (χ2v) is 5.63. The Balaban J connectivity index is 2.17. The van der Waals surface area contributed by atoms with Gasteiger partial charge < -0.3 is 10.6 Å². The normalized spacial score (nSPS) is 10.3. The summed E-state index contributed by atoms with van der Waals surface area (Å²) in [7, 11) is 0. The van der Waals surface area contributed by atoms with E-state index in [4.69, 9.17) is 0 Å². The van der Waals surface area contributed by atoms with Gasteiger partial charge in [-0.2, -0.15) is 0 Å². The number of carbonyl (C=O) groups is 1. The van der Waals surface area contributed by atoms with Crippen LogP contribution in [-0.2, 0) is 11.3 Å². The van der Waals surface area contributed by atoms with E-state index in [2.05, 4.69) is 26.6 Å². The number of para-hydroxylation sites is 1. The molecule has 0 heterocycles. The van der Waals surface area contributed by atoms with E-state index in [0.29, 0.717) is 11.0 Å². The van der Waals surface area contributed by atoms with Crippen molar-refractivity contribution in [2.75, 3.05) is 10.6 Å². The summed E-state index contributed by atoms with van der Waals surface area (Å²) >= 11 is 3.16. The minimum absolute atomic E-state index is 0.117. The largest absolute Gasteiger partial charge is 0.381 e. The fraction of sp³-hybridized carbons (Fsp3) is 0.188. The second kappa shape index (κ2) is 6.72. The van der Waals surface area contributed by atoms with Gasteiger partial charge in [-0.1, -0.05) is 18.2 Å². The van der Waals surface area contributed by atoms with E-state index in [9.17, 15) is 9.18 Å². The van der Waals surface area contributed by atoms with Gasteiger partial charge in [0.05, 0.1) is 4.47 Å². The maximum atomic E-state index is 13.6. The molecule has 2 N–H and O–H groups in total. The van der Waals surface area contributed by atoms with Crippen LogP contribution in [0.25, 0.3) is 0 Å². The van der Waals surface area contributed by atoms with Gasteiger partial charge in [-0.25, -0.2) is 4.39 Å². The van der Waals surface area contributed by atoms with Crippen molar-refractivity contribution in [2.45, 2.75) is 20.4 Å². The van der Waals surface area contributed by atoms with Crippen molar-refractivity contribution in [1.29, 1.82) is 0 Å². The van der Waals surface area contributed by atoms with Crippen molar-refractivity contribution in [1.82, 2.24) is 0 Å². The van der Waals surface area contributed by atoms with Crippen LogP contribution in [0, 0.1) is 12.7 Å². The molecule has 0 spiro atoms. The molecule has 5 heteroatoms. The first kappa shape index (κ1) is 15.5. The van der Waals surface area contributed by atoms with Crippen LogP contribution >= 0.6 is 15.9 Å². The number of carbonyl (C=O) groups excluding carboxylic acids is 1. The number of halogens is 2. The van der Waals surface area contributed by atoms with Gasteiger partial charge in [0.25, 0.3) is 0 Å². The van der Waals surface area contributed by atoms with Crippen LogP contribution in [0.5, 0.6) is 0 Å². The van der Waals surface area contributed by atoms with Crippen LogP contribution < -0.4 is 10.6 Å². The molecule has 1 amide bonds. The molecule has 0 atom stereocenters. The van der Waals surface area contributed by atoms with Crippen LogP contribution in [0.15, 0.2) is 40.9 Å². The van der Waals surface area contributed by atoms with Crippen molar-refractivity contribution < 1.29 is 9.18 Å². The first-order valence-corrected chi connectivity index (χ1v) is 7.31. The fourth-order valence-electron chi connectivity index (χ4n) is 2.01. The van der Waals surface area contributed by atoms with Crippen molar-refractivity contribution in [2.24, 2.45) is 0 Å². The third kappa shape index (κ3) is 4.04. The van der Waals surface area contributed by atoms with Crippen molar-refractivity contribution >= 4 is 33.2 Å². The van der Waals surface area contributed by atoms with Crippen molar-refractivity contribution in [3.63, 3.8) is 0 Å². The maximum Gasteiger partial charge on any atom is 0.221 e. The molecular formula is C16H16BrFN2O. The molecule has 21 heavy (non-hydrogen) atoms. The molecular weight excluding hydrogens is 335 g/mol. The summed E-state index contributed by atoms with van der Waals surface area (Å²) in [6.07, 6.45) is 0. The lowest BCUT2D eigenvalue weighted by Gasteiger charge is -2.13. The third-order valence-electron chi connectivity index (χ3n) is 3.06. The van der Waals surface area contributed by atoms with E-state index in [1.807, 2.05) is 31.2 Å². The molecule has 0 aliphatic heterocycles. The monoisotopic (exact) mass is 350 g/mol. The highest BCUT2D eigenvalue weighted by Gasteiger charge is 2.07. The van der Waals surface area contributed by atoms with Gasteiger partial charge in [-0.15, -0.1) is 0 Å². The van der Waals surface area contributed by atoms with Gasteiger partial charge in [0.15, 0.2) is 0 Å². The van der Waals surface area contributed by atoms with E-state index in [1.54, 1.807) is 6.07 Å². The Morgan fingerprint density at radius 1 is 1.24 bits per heavy atom. The van der Waals surface area contributed by atoms with Gasteiger partial charge in [-0.05, 0) is 52.2 Å². The van der Waals surface area contributed by atoms with E-state index >= 15 is 0 Å². The lowest BCUT2D eigenvalue weighted by atomic mass is 10.1. The molecule has 0 aromatic heterocycles. The number of benzene rings is 2. The van der Waals surface area contributed by atoms with Crippen LogP contribution in [-0.4, -0.2) is 5.91 Å². The topological polar surface area (TPSA) is 41.1 Å². The van der Waals surface area contributed by atoms with Crippen molar-refractivity contribution in [3.8, 4) is 0 Å². The van der Waals surface area contributed by atoms with E-state index in [0.717, 1.165) is 22.5 Å². The van der Waals surface area contributed by atoms with Crippen LogP contribution in [0.1, 0.15) is 18.1 Å². The predicted molar refractivity (Wildman–Crippen MR) is 86.9 cm³/mol. The average Bonchev–Trinajstić information content (AvgIpc) is 2.42. The molecule has 0 unspecified atom stereocenters. The number of hydrogen-bond donors (Lipinski definition) is 2. The summed E-state index contributed by atoms with van der Waals surface area (Å²) < 4.78 is 14.0. The Bertz CT molecular complexity index is 673. The van der Waals surface area contributed by atoms with Crippen LogP contribution in [0.2, 0.25) is 0 Å². The summed E-state index contributed by atoms with van der Waals surface area (Å²) in [6.45, 7) is 3.88. The van der Waals surface area contributed by atoms with Crippen molar-refractivity contribution in [3.05, 3.63) is 57.8 Å². The minimum Gasteiger partial charge on any atom is -0.381 e. The summed E-state index contributed by atoms with van der Waals surface area (Å²) in [5, 5.41) is 5.98. The average molecular weight is 351 g/mol. The van der Waals surface area contributed by atoms with Gasteiger partial charge in [0, 0.05) is 24.8 Å². The molecule has 0 aliphatic carbocycles. The highest BCUT2D eigenvalue weighted by molar-refractivity contribution is 9.10. The quantitative estimate of drug-likeness (QED) is 0.854. The Morgan fingerprint density at radius 3 is 2.67 bits per heavy atom. The highest BCUT2D eigenvalue weighted by atomic mass is 79.9. The van der Waals surface area contributed by atoms with Crippen LogP contribution in [0.4, 0.5) is 15.8 Å². The Labute approximate surface area is 131 Å². The van der Waals surface area contributed by atoms with Gasteiger partial charge >= 0.3 is 0 Å². The molecule has 3 nitrogen and oxygen atoms in total. The Hall–Kier alpha value is -1.88. The molecule has 2 rings (SSSR count). The van der Waals surface area contributed by atoms with Gasteiger partial charge in [0.1, 0.15) is 5.82 Å². The summed E-state index contributed by atoms with van der Waals surface area (Å²) in [5.41, 5.74) is 3.37. The Morgan fingerprint density at radius 2 is 1.95 bits per heavy atom. The zero-order chi connectivity index (χ0) is 15.4. The number of hydrogen-bond acceptors (Lipinski definition) is 2. The standard InChI is InChI=1S/C16H16BrFN2O/c1-10-7-13(17)14(18)8-16(10)19-9-12-5-3-4-6-15(12)20-11(2)21/h3-8,19H,9H2,1-2H3,(H,20,21). The second-order valence-electron chi connectivity index (χ2n) is 4.77. The number of aryl methyl sites for hydroxylation is 1. The number of amides is 1. The van der Waals surface area contributed by atoms with Gasteiger partial charge in [-0.3, -0.25) is 4.79 Å². The Kier molecular flexibility index (Phi) is 4.96. The molecule has 0 radical (unpaired) electrons. The number of rotatable bonds is 4. The first-order valence-electron chi connectivity index (χ1n) is 6.52. The number of anilines is 2. The van der Waals surface area contributed by atoms with E-state index < -0.39 is 0 Å². The SMILES string of the molecule is CC(=O)Nc1ccccc1CNc1cc(F)c(Br)cc1C. The molecule has 0 saturated heterocycles. The molecule has 2 aromatic carbocycles. The highest BCUT2D eigenvalue weighted by Crippen LogP contribution is 2.25. The molecule has 0 saturated carbocycles. The fourth-order valence-corrected chi connectivity index (χ4v) is 2.47. The minimum atomic E-state index is -0.307. The summed E-state index contributed by atoms with van der Waals surface area (Å²) in [5.74, 6) is -0.424. The number of nitrogens with one attached hydrogen (secondary N) is 2. The lowest BCUT2D eigenvalue weighted by molar-refractivity contribution is -0.114. The maximum absolute atomic E-state index is 13.6. The summed E-state index contributed by atoms with van der Waals surface area (Å²) in [4.78, 5) is 11.2. The smallest absolute Gasteiger partial charge is 0.221 e. The third-order valence-corrected chi connectivity index (χ3v) is 3.67. The zero-order valence-corrected chi connectivity index (χ0v) is 13.4. The van der Waals surface area contributed by atoms with E-state index in [-0.39, 0.29) is 11.7 Å². The molecule has 0 aliphatic rings. The molecule has 0 bridgehead atoms. The predicted octanol–water partition coefficient (Wildman–Crippen LogP) is 4.47. The molecule has 110 valence electrons. The molecule has 0 fully saturated rings. The first-order chi connectivity index (χ1) is 9.97. The zero-order valence-electron chi connectivity index (χ0n) is 11.8. The lowest BCUT2D eigenvalue weighted by Crippen LogP contribution is -2.10. The van der Waals surface area contributed by atoms with Gasteiger partial charge in [0.2, 0.25) is 5.91 Å². The van der Waals surface area contributed by atoms with Crippen LogP contribution in [0.3, 0.4) is 0 Å². The summed E-state index contributed by atoms with van der Waals surface area (Å²) in [6, 6.07) is 10.7.